The molecule has 1 aromatic heterocycles. The second kappa shape index (κ2) is 3.63. The molecular weight excluding hydrogens is 214 g/mol. The van der Waals surface area contributed by atoms with Gasteiger partial charge >= 0.3 is 0 Å². The minimum atomic E-state index is 0.738. The largest absolute Gasteiger partial charge is 0.398 e. The molecule has 1 aromatic carbocycles. The van der Waals surface area contributed by atoms with Crippen molar-refractivity contribution >= 4 is 45.2 Å². The van der Waals surface area contributed by atoms with Crippen LogP contribution in [0.4, 0.5) is 5.69 Å². The van der Waals surface area contributed by atoms with Crippen LogP contribution in [0, 0.1) is 0 Å². The zero-order chi connectivity index (χ0) is 10.1. The van der Waals surface area contributed by atoms with Gasteiger partial charge < -0.3 is 5.73 Å². The van der Waals surface area contributed by atoms with Crippen LogP contribution in [0.15, 0.2) is 22.4 Å². The van der Waals surface area contributed by atoms with Crippen LogP contribution in [0.2, 0.25) is 0 Å². The third-order valence-electron chi connectivity index (χ3n) is 2.08. The van der Waals surface area contributed by atoms with E-state index in [-0.39, 0.29) is 0 Å². The average Bonchev–Trinajstić information content (AvgIpc) is 2.61. The van der Waals surface area contributed by atoms with Crippen LogP contribution in [0.3, 0.4) is 0 Å². The van der Waals surface area contributed by atoms with Gasteiger partial charge in [0.15, 0.2) is 6.29 Å². The van der Waals surface area contributed by atoms with Crippen molar-refractivity contribution in [1.29, 1.82) is 0 Å². The molecule has 2 rings (SSSR count). The fourth-order valence-electron chi connectivity index (χ4n) is 1.44. The Hall–Kier alpha value is -1.00. The van der Waals surface area contributed by atoms with Gasteiger partial charge in [-0.3, -0.25) is 4.79 Å². The van der Waals surface area contributed by atoms with Crippen molar-refractivity contribution in [3.63, 3.8) is 0 Å². The Labute approximate surface area is 90.1 Å². The van der Waals surface area contributed by atoms with Crippen molar-refractivity contribution < 1.29 is 4.79 Å². The second-order valence-corrected chi connectivity index (χ2v) is 4.60. The van der Waals surface area contributed by atoms with Crippen LogP contribution in [-0.2, 0) is 0 Å². The first kappa shape index (κ1) is 9.55. The monoisotopic (exact) mass is 223 g/mol. The van der Waals surface area contributed by atoms with Gasteiger partial charge in [-0.25, -0.2) is 0 Å². The Morgan fingerprint density at radius 1 is 1.50 bits per heavy atom. The number of nitrogens with two attached hydrogens (primary N) is 1. The molecule has 0 saturated carbocycles. The van der Waals surface area contributed by atoms with E-state index in [2.05, 4.69) is 0 Å². The van der Waals surface area contributed by atoms with Crippen molar-refractivity contribution in [3.05, 3.63) is 23.1 Å². The number of carbonyl (C=O) groups is 1. The molecule has 0 aliphatic carbocycles. The summed E-state index contributed by atoms with van der Waals surface area (Å²) in [5.74, 6) is 0. The van der Waals surface area contributed by atoms with E-state index >= 15 is 0 Å². The highest BCUT2D eigenvalue weighted by Gasteiger charge is 2.10. The zero-order valence-electron chi connectivity index (χ0n) is 7.61. The van der Waals surface area contributed by atoms with Crippen LogP contribution in [0.25, 0.3) is 10.1 Å². The van der Waals surface area contributed by atoms with E-state index in [4.69, 9.17) is 5.73 Å². The molecule has 4 heteroatoms. The number of aldehydes is 1. The number of thiophene rings is 1. The highest BCUT2D eigenvalue weighted by Crippen LogP contribution is 2.36. The first-order valence-corrected chi connectivity index (χ1v) is 6.17. The van der Waals surface area contributed by atoms with E-state index < -0.39 is 0 Å². The number of carbonyl (C=O) groups excluding carboxylic acids is 1. The smallest absolute Gasteiger partial charge is 0.151 e. The number of benzene rings is 1. The first-order chi connectivity index (χ1) is 6.77. The number of nitrogen functional groups attached to an aromatic ring is 1. The number of thioether (sulfide) groups is 1. The molecule has 0 bridgehead atoms. The van der Waals surface area contributed by atoms with E-state index in [1.54, 1.807) is 23.1 Å². The Balaban J connectivity index is 2.88. The molecule has 0 amide bonds. The lowest BCUT2D eigenvalue weighted by Crippen LogP contribution is -1.89. The van der Waals surface area contributed by atoms with Gasteiger partial charge in [-0.1, -0.05) is 0 Å². The molecule has 0 saturated heterocycles. The number of anilines is 1. The summed E-state index contributed by atoms with van der Waals surface area (Å²) in [7, 11) is 0. The van der Waals surface area contributed by atoms with Gasteiger partial charge in [0.25, 0.3) is 0 Å². The zero-order valence-corrected chi connectivity index (χ0v) is 9.24. The minimum absolute atomic E-state index is 0.738. The lowest BCUT2D eigenvalue weighted by atomic mass is 10.2. The van der Waals surface area contributed by atoms with Gasteiger partial charge in [0.1, 0.15) is 0 Å². The summed E-state index contributed by atoms with van der Waals surface area (Å²) in [5.41, 5.74) is 7.33. The third kappa shape index (κ3) is 1.31. The molecule has 0 unspecified atom stereocenters. The molecule has 0 radical (unpaired) electrons. The summed E-state index contributed by atoms with van der Waals surface area (Å²) in [4.78, 5) is 11.8. The number of rotatable bonds is 2. The van der Waals surface area contributed by atoms with Crippen LogP contribution >= 0.6 is 23.1 Å². The highest BCUT2D eigenvalue weighted by molar-refractivity contribution is 7.99. The normalized spacial score (nSPS) is 10.6. The minimum Gasteiger partial charge on any atom is -0.398 e. The highest BCUT2D eigenvalue weighted by atomic mass is 32.2. The van der Waals surface area contributed by atoms with Crippen LogP contribution < -0.4 is 5.73 Å². The fraction of sp³-hybridized carbons (Fsp3) is 0.100. The Morgan fingerprint density at radius 2 is 2.29 bits per heavy atom. The van der Waals surface area contributed by atoms with E-state index in [1.165, 1.54) is 0 Å². The number of fused-ring (bicyclic) bond motifs is 1. The van der Waals surface area contributed by atoms with Crippen molar-refractivity contribution in [2.75, 3.05) is 12.0 Å². The molecule has 72 valence electrons. The van der Waals surface area contributed by atoms with Crippen molar-refractivity contribution in [2.24, 2.45) is 0 Å². The average molecular weight is 223 g/mol. The molecule has 2 nitrogen and oxygen atoms in total. The fourth-order valence-corrected chi connectivity index (χ4v) is 3.16. The van der Waals surface area contributed by atoms with Crippen molar-refractivity contribution in [2.45, 2.75) is 4.90 Å². The van der Waals surface area contributed by atoms with E-state index in [0.717, 1.165) is 32.5 Å². The predicted octanol–water partition coefficient (Wildman–Crippen LogP) is 3.02. The van der Waals surface area contributed by atoms with Crippen LogP contribution in [0.5, 0.6) is 0 Å². The molecule has 2 aromatic rings. The maximum Gasteiger partial charge on any atom is 0.151 e. The van der Waals surface area contributed by atoms with Gasteiger partial charge in [0.2, 0.25) is 0 Å². The maximum absolute atomic E-state index is 10.8. The van der Waals surface area contributed by atoms with Crippen LogP contribution in [0.1, 0.15) is 10.4 Å². The molecule has 1 heterocycles. The van der Waals surface area contributed by atoms with Gasteiger partial charge in [0.05, 0.1) is 0 Å². The molecule has 0 fully saturated rings. The van der Waals surface area contributed by atoms with E-state index in [1.807, 2.05) is 23.8 Å². The summed E-state index contributed by atoms with van der Waals surface area (Å²) in [5, 5.41) is 2.87. The van der Waals surface area contributed by atoms with Gasteiger partial charge in [0, 0.05) is 31.6 Å². The molecule has 0 aliphatic heterocycles. The summed E-state index contributed by atoms with van der Waals surface area (Å²) >= 11 is 3.16. The van der Waals surface area contributed by atoms with E-state index in [0.29, 0.717) is 0 Å². The Bertz CT molecular complexity index is 490. The van der Waals surface area contributed by atoms with Crippen LogP contribution in [-0.4, -0.2) is 12.5 Å². The van der Waals surface area contributed by atoms with Gasteiger partial charge in [-0.05, 0) is 18.4 Å². The van der Waals surface area contributed by atoms with Gasteiger partial charge in [-0.2, -0.15) is 0 Å². The molecule has 0 atom stereocenters. The molecule has 0 spiro atoms. The second-order valence-electron chi connectivity index (χ2n) is 2.87. The Kier molecular flexibility index (Phi) is 2.48. The predicted molar refractivity (Wildman–Crippen MR) is 63.4 cm³/mol. The SMILES string of the molecule is CSc1c(N)ccc2scc(C=O)c12. The number of hydrogen-bond acceptors (Lipinski definition) is 4. The summed E-state index contributed by atoms with van der Waals surface area (Å²) in [6.45, 7) is 0. The first-order valence-electron chi connectivity index (χ1n) is 4.06. The molecular formula is C10H9NOS2. The molecule has 2 N–H and O–H groups in total. The molecule has 14 heavy (non-hydrogen) atoms. The van der Waals surface area contributed by atoms with Gasteiger partial charge in [-0.15, -0.1) is 23.1 Å². The number of hydrogen-bond donors (Lipinski definition) is 1. The van der Waals surface area contributed by atoms with Crippen molar-refractivity contribution in [3.8, 4) is 0 Å². The lowest BCUT2D eigenvalue weighted by molar-refractivity contribution is 0.112. The molecule has 0 aliphatic rings. The van der Waals surface area contributed by atoms with Crippen molar-refractivity contribution in [1.82, 2.24) is 0 Å². The van der Waals surface area contributed by atoms with E-state index in [9.17, 15) is 4.79 Å². The topological polar surface area (TPSA) is 43.1 Å². The summed E-state index contributed by atoms with van der Waals surface area (Å²) in [6.07, 6.45) is 2.86. The third-order valence-corrected chi connectivity index (χ3v) is 3.90. The lowest BCUT2D eigenvalue weighted by Gasteiger charge is -2.04. The summed E-state index contributed by atoms with van der Waals surface area (Å²) < 4.78 is 1.12. The standard InChI is InChI=1S/C10H9NOS2/c1-13-10-7(11)2-3-8-9(10)6(4-12)5-14-8/h2-5H,11H2,1H3. The Morgan fingerprint density at radius 3 is 2.93 bits per heavy atom. The quantitative estimate of drug-likeness (QED) is 0.483. The summed E-state index contributed by atoms with van der Waals surface area (Å²) in [6, 6.07) is 3.85. The maximum atomic E-state index is 10.8.